The highest BCUT2D eigenvalue weighted by Crippen LogP contribution is 2.36. The summed E-state index contributed by atoms with van der Waals surface area (Å²) in [5.41, 5.74) is 4.23. The highest BCUT2D eigenvalue weighted by molar-refractivity contribution is 5.80. The van der Waals surface area contributed by atoms with E-state index in [-0.39, 0.29) is 6.04 Å². The third kappa shape index (κ3) is 2.96. The van der Waals surface area contributed by atoms with Crippen LogP contribution in [0.3, 0.4) is 0 Å². The van der Waals surface area contributed by atoms with Crippen molar-refractivity contribution in [2.45, 2.75) is 26.8 Å². The Hall–Kier alpha value is -3.42. The molecule has 0 N–H and O–H groups in total. The second kappa shape index (κ2) is 6.95. The van der Waals surface area contributed by atoms with E-state index in [0.717, 1.165) is 27.7 Å². The Labute approximate surface area is 162 Å². The van der Waals surface area contributed by atoms with Crippen LogP contribution in [0, 0.1) is 6.92 Å². The maximum Gasteiger partial charge on any atom is 0.258 e. The molecular formula is C20H21N5O3. The van der Waals surface area contributed by atoms with Gasteiger partial charge in [-0.1, -0.05) is 10.4 Å². The first-order valence-electron chi connectivity index (χ1n) is 8.94. The molecule has 4 aromatic rings. The van der Waals surface area contributed by atoms with E-state index in [4.69, 9.17) is 14.0 Å². The number of hydrogen-bond donors (Lipinski definition) is 0. The molecule has 0 aliphatic rings. The molecule has 0 fully saturated rings. The number of nitrogens with zero attached hydrogens (tertiary/aromatic N) is 5. The Morgan fingerprint density at radius 2 is 1.89 bits per heavy atom. The fourth-order valence-electron chi connectivity index (χ4n) is 3.19. The lowest BCUT2D eigenvalue weighted by Crippen LogP contribution is -2.02. The van der Waals surface area contributed by atoms with Gasteiger partial charge in [0.15, 0.2) is 0 Å². The van der Waals surface area contributed by atoms with E-state index in [1.54, 1.807) is 20.3 Å². The van der Waals surface area contributed by atoms with Crippen molar-refractivity contribution in [1.29, 1.82) is 0 Å². The summed E-state index contributed by atoms with van der Waals surface area (Å²) in [5, 5.41) is 12.6. The Balaban J connectivity index is 1.75. The molecule has 2 aromatic heterocycles. The summed E-state index contributed by atoms with van der Waals surface area (Å²) in [6.45, 7) is 6.08. The van der Waals surface area contributed by atoms with Crippen molar-refractivity contribution in [3.8, 4) is 34.3 Å². The minimum Gasteiger partial charge on any atom is -0.497 e. The molecule has 0 unspecified atom stereocenters. The van der Waals surface area contributed by atoms with Gasteiger partial charge in [0, 0.05) is 17.7 Å². The topological polar surface area (TPSA) is 88.1 Å². The van der Waals surface area contributed by atoms with Crippen molar-refractivity contribution in [3.63, 3.8) is 0 Å². The van der Waals surface area contributed by atoms with Crippen LogP contribution in [0.4, 0.5) is 0 Å². The van der Waals surface area contributed by atoms with E-state index in [9.17, 15) is 0 Å². The number of ether oxygens (including phenoxy) is 2. The lowest BCUT2D eigenvalue weighted by Gasteiger charge is -2.10. The number of rotatable bonds is 5. The second-order valence-electron chi connectivity index (χ2n) is 6.78. The lowest BCUT2D eigenvalue weighted by atomic mass is 10.1. The van der Waals surface area contributed by atoms with Crippen LogP contribution in [0.5, 0.6) is 11.5 Å². The average Bonchev–Trinajstić information content (AvgIpc) is 3.33. The van der Waals surface area contributed by atoms with Crippen molar-refractivity contribution >= 4 is 11.0 Å². The smallest absolute Gasteiger partial charge is 0.258 e. The lowest BCUT2D eigenvalue weighted by molar-refractivity contribution is 0.394. The molecule has 0 radical (unpaired) electrons. The van der Waals surface area contributed by atoms with Crippen LogP contribution in [-0.4, -0.2) is 39.4 Å². The number of aryl methyl sites for hydroxylation is 1. The van der Waals surface area contributed by atoms with E-state index >= 15 is 0 Å². The fourth-order valence-corrected chi connectivity index (χ4v) is 3.19. The first-order chi connectivity index (χ1) is 13.5. The minimum absolute atomic E-state index is 0.233. The zero-order chi connectivity index (χ0) is 19.8. The Bertz CT molecular complexity index is 1150. The molecular weight excluding hydrogens is 358 g/mol. The molecule has 144 valence electrons. The molecule has 2 heterocycles. The molecule has 0 saturated carbocycles. The molecule has 0 aliphatic heterocycles. The maximum atomic E-state index is 5.52. The van der Waals surface area contributed by atoms with Gasteiger partial charge in [0.05, 0.1) is 25.3 Å². The molecule has 0 spiro atoms. The molecule has 0 saturated heterocycles. The largest absolute Gasteiger partial charge is 0.497 e. The van der Waals surface area contributed by atoms with Gasteiger partial charge in [-0.15, -0.1) is 5.10 Å². The quantitative estimate of drug-likeness (QED) is 0.517. The van der Waals surface area contributed by atoms with Crippen LogP contribution < -0.4 is 9.47 Å². The molecule has 0 aliphatic carbocycles. The van der Waals surface area contributed by atoms with Crippen LogP contribution in [0.15, 0.2) is 34.9 Å². The third-order valence-corrected chi connectivity index (χ3v) is 4.59. The molecule has 28 heavy (non-hydrogen) atoms. The van der Waals surface area contributed by atoms with Crippen molar-refractivity contribution < 1.29 is 14.0 Å². The fraction of sp³-hybridized carbons (Fsp3) is 0.300. The summed E-state index contributed by atoms with van der Waals surface area (Å²) < 4.78 is 18.2. The standard InChI is InChI=1S/C20H21N5O3/c1-11(2)25-16-7-6-13(9-15(16)22-24-25)20-21-19(23-28-20)18-12(3)8-14(26-4)10-17(18)27-5/h6-11H,1-5H3. The van der Waals surface area contributed by atoms with Gasteiger partial charge in [-0.2, -0.15) is 4.98 Å². The van der Waals surface area contributed by atoms with Crippen LogP contribution in [0.25, 0.3) is 33.9 Å². The SMILES string of the molecule is COc1cc(C)c(-c2noc(-c3ccc4c(c3)nnn4C(C)C)n2)c(OC)c1. The van der Waals surface area contributed by atoms with Crippen LogP contribution in [0.1, 0.15) is 25.5 Å². The minimum atomic E-state index is 0.233. The van der Waals surface area contributed by atoms with Gasteiger partial charge in [0.2, 0.25) is 5.82 Å². The number of methoxy groups -OCH3 is 2. The monoisotopic (exact) mass is 379 g/mol. The zero-order valence-corrected chi connectivity index (χ0v) is 16.4. The number of fused-ring (bicyclic) bond motifs is 1. The van der Waals surface area contributed by atoms with E-state index in [2.05, 4.69) is 34.3 Å². The Morgan fingerprint density at radius 3 is 2.61 bits per heavy atom. The first kappa shape index (κ1) is 18.0. The van der Waals surface area contributed by atoms with E-state index in [1.807, 2.05) is 35.9 Å². The number of aromatic nitrogens is 5. The van der Waals surface area contributed by atoms with Gasteiger partial charge in [-0.3, -0.25) is 0 Å². The van der Waals surface area contributed by atoms with Crippen LogP contribution >= 0.6 is 0 Å². The molecule has 8 heteroatoms. The maximum absolute atomic E-state index is 5.52. The van der Waals surface area contributed by atoms with Gasteiger partial charge in [0.1, 0.15) is 17.0 Å². The van der Waals surface area contributed by atoms with Gasteiger partial charge in [-0.25, -0.2) is 4.68 Å². The predicted octanol–water partition coefficient (Wildman–Crippen LogP) is 4.05. The molecule has 0 atom stereocenters. The summed E-state index contributed by atoms with van der Waals surface area (Å²) in [6.07, 6.45) is 0. The summed E-state index contributed by atoms with van der Waals surface area (Å²) in [4.78, 5) is 4.57. The summed E-state index contributed by atoms with van der Waals surface area (Å²) >= 11 is 0. The predicted molar refractivity (Wildman–Crippen MR) is 104 cm³/mol. The molecule has 8 nitrogen and oxygen atoms in total. The summed E-state index contributed by atoms with van der Waals surface area (Å²) in [7, 11) is 3.22. The molecule has 0 amide bonds. The van der Waals surface area contributed by atoms with E-state index in [1.165, 1.54) is 0 Å². The van der Waals surface area contributed by atoms with E-state index < -0.39 is 0 Å². The summed E-state index contributed by atoms with van der Waals surface area (Å²) in [5.74, 6) is 2.20. The molecule has 0 bridgehead atoms. The normalized spacial score (nSPS) is 11.4. The Morgan fingerprint density at radius 1 is 1.07 bits per heavy atom. The van der Waals surface area contributed by atoms with Gasteiger partial charge in [-0.05, 0) is 50.6 Å². The van der Waals surface area contributed by atoms with Crippen molar-refractivity contribution in [2.75, 3.05) is 14.2 Å². The number of hydrogen-bond acceptors (Lipinski definition) is 7. The highest BCUT2D eigenvalue weighted by Gasteiger charge is 2.19. The van der Waals surface area contributed by atoms with Gasteiger partial charge < -0.3 is 14.0 Å². The summed E-state index contributed by atoms with van der Waals surface area (Å²) in [6, 6.07) is 9.74. The van der Waals surface area contributed by atoms with Gasteiger partial charge >= 0.3 is 0 Å². The number of benzene rings is 2. The van der Waals surface area contributed by atoms with Crippen molar-refractivity contribution in [3.05, 3.63) is 35.9 Å². The van der Waals surface area contributed by atoms with Crippen molar-refractivity contribution in [2.24, 2.45) is 0 Å². The van der Waals surface area contributed by atoms with E-state index in [0.29, 0.717) is 23.2 Å². The Kier molecular flexibility index (Phi) is 4.46. The van der Waals surface area contributed by atoms with Gasteiger partial charge in [0.25, 0.3) is 5.89 Å². The third-order valence-electron chi connectivity index (χ3n) is 4.59. The molecule has 2 aromatic carbocycles. The average molecular weight is 379 g/mol. The van der Waals surface area contributed by atoms with Crippen LogP contribution in [-0.2, 0) is 0 Å². The molecule has 4 rings (SSSR count). The first-order valence-corrected chi connectivity index (χ1v) is 8.94. The van der Waals surface area contributed by atoms with Crippen LogP contribution in [0.2, 0.25) is 0 Å². The highest BCUT2D eigenvalue weighted by atomic mass is 16.5. The second-order valence-corrected chi connectivity index (χ2v) is 6.78. The zero-order valence-electron chi connectivity index (χ0n) is 16.4. The van der Waals surface area contributed by atoms with Crippen molar-refractivity contribution in [1.82, 2.24) is 25.1 Å².